The molecule has 1 heterocycles. The summed E-state index contributed by atoms with van der Waals surface area (Å²) in [5.41, 5.74) is 3.93. The van der Waals surface area contributed by atoms with Crippen LogP contribution in [0.15, 0.2) is 24.6 Å². The smallest absolute Gasteiger partial charge is 0.340 e. The van der Waals surface area contributed by atoms with Gasteiger partial charge in [-0.05, 0) is 58.3 Å². The van der Waals surface area contributed by atoms with E-state index in [0.717, 1.165) is 6.61 Å². The van der Waals surface area contributed by atoms with Crippen molar-refractivity contribution in [3.63, 3.8) is 0 Å². The molecule has 0 aromatic carbocycles. The third-order valence-corrected chi connectivity index (χ3v) is 13.9. The van der Waals surface area contributed by atoms with Crippen LogP contribution < -0.4 is 0 Å². The summed E-state index contributed by atoms with van der Waals surface area (Å²) < 4.78 is 17.7. The van der Waals surface area contributed by atoms with E-state index in [1.807, 2.05) is 11.4 Å². The molecule has 0 radical (unpaired) electrons. The van der Waals surface area contributed by atoms with Crippen LogP contribution in [0.4, 0.5) is 0 Å². The molecule has 1 fully saturated rings. The van der Waals surface area contributed by atoms with E-state index in [4.69, 9.17) is 12.7 Å². The largest absolute Gasteiger partial charge is 0.434 e. The highest BCUT2D eigenvalue weighted by atomic mass is 28.5. The van der Waals surface area contributed by atoms with Gasteiger partial charge in [-0.2, -0.15) is 0 Å². The lowest BCUT2D eigenvalue weighted by atomic mass is 10.4. The third-order valence-electron chi connectivity index (χ3n) is 2.87. The Morgan fingerprint density at radius 3 is 1.64 bits per heavy atom. The highest BCUT2D eigenvalue weighted by molar-refractivity contribution is 6.89. The maximum absolute atomic E-state index is 6.12. The minimum Gasteiger partial charge on any atom is -0.434 e. The van der Waals surface area contributed by atoms with Crippen LogP contribution in [-0.4, -0.2) is 40.8 Å². The lowest BCUT2D eigenvalue weighted by molar-refractivity contribution is 0.294. The summed E-state index contributed by atoms with van der Waals surface area (Å²) in [5.74, 6) is 0. The van der Waals surface area contributed by atoms with E-state index in [2.05, 4.69) is 59.0 Å². The van der Waals surface area contributed by atoms with E-state index in [1.165, 1.54) is 18.9 Å². The van der Waals surface area contributed by atoms with Gasteiger partial charge in [-0.3, -0.25) is 0 Å². The molecule has 0 aromatic rings. The average Bonchev–Trinajstić information content (AvgIpc) is 2.36. The number of hydrogen-bond acceptors (Lipinski definition) is 3. The first kappa shape index (κ1) is 22.2. The molecule has 22 heavy (non-hydrogen) atoms. The number of rotatable bonds is 6. The molecule has 1 aliphatic rings. The standard InChI is InChI=1S/C9H24O2Si3.C6H12OSi/c1-9-14(8,10-12(2,3)4)11-13(5,6)7;1-2-8-6-4-3-5-7-8/h9H,1H2,2-8H3;2,8H,1,3-6H2. The van der Waals surface area contributed by atoms with Gasteiger partial charge in [0.1, 0.15) is 0 Å². The van der Waals surface area contributed by atoms with Crippen molar-refractivity contribution in [2.45, 2.75) is 64.7 Å². The Kier molecular flexibility index (Phi) is 9.60. The van der Waals surface area contributed by atoms with Crippen LogP contribution in [0.1, 0.15) is 12.8 Å². The molecule has 0 amide bonds. The Balaban J connectivity index is 0.000000461. The summed E-state index contributed by atoms with van der Waals surface area (Å²) in [5, 5.41) is 0. The molecule has 1 saturated heterocycles. The van der Waals surface area contributed by atoms with Crippen LogP contribution in [-0.2, 0) is 12.7 Å². The van der Waals surface area contributed by atoms with Crippen LogP contribution in [0.5, 0.6) is 0 Å². The molecule has 0 saturated carbocycles. The predicted octanol–water partition coefficient (Wildman–Crippen LogP) is 4.73. The fourth-order valence-electron chi connectivity index (χ4n) is 2.27. The Morgan fingerprint density at radius 1 is 0.909 bits per heavy atom. The second-order valence-electron chi connectivity index (χ2n) is 7.79. The van der Waals surface area contributed by atoms with Gasteiger partial charge >= 0.3 is 8.56 Å². The van der Waals surface area contributed by atoms with E-state index < -0.39 is 34.2 Å². The fraction of sp³-hybridized carbons (Fsp3) is 0.733. The van der Waals surface area contributed by atoms with E-state index in [1.54, 1.807) is 0 Å². The molecular weight excluding hydrogens is 341 g/mol. The zero-order valence-electron chi connectivity index (χ0n) is 15.7. The van der Waals surface area contributed by atoms with Gasteiger partial charge in [0.2, 0.25) is 9.04 Å². The van der Waals surface area contributed by atoms with Gasteiger partial charge in [0.05, 0.1) is 0 Å². The fourth-order valence-corrected chi connectivity index (χ4v) is 14.9. The van der Waals surface area contributed by atoms with Gasteiger partial charge in [-0.15, -0.1) is 13.2 Å². The minimum absolute atomic E-state index is 0.841. The van der Waals surface area contributed by atoms with Crippen LogP contribution >= 0.6 is 0 Å². The normalized spacial score (nSPS) is 19.9. The average molecular weight is 377 g/mol. The van der Waals surface area contributed by atoms with Gasteiger partial charge in [0.25, 0.3) is 0 Å². The van der Waals surface area contributed by atoms with Gasteiger partial charge in [0.15, 0.2) is 16.6 Å². The van der Waals surface area contributed by atoms with Gasteiger partial charge in [0, 0.05) is 6.61 Å². The van der Waals surface area contributed by atoms with Crippen LogP contribution in [0.25, 0.3) is 0 Å². The molecule has 0 bridgehead atoms. The molecule has 0 N–H and O–H groups in total. The summed E-state index contributed by atoms with van der Waals surface area (Å²) in [7, 11) is -6.00. The van der Waals surface area contributed by atoms with Crippen LogP contribution in [0.3, 0.4) is 0 Å². The lowest BCUT2D eigenvalue weighted by Crippen LogP contribution is -2.51. The highest BCUT2D eigenvalue weighted by Gasteiger charge is 2.37. The summed E-state index contributed by atoms with van der Waals surface area (Å²) in [6, 6.07) is 1.31. The first-order valence-electron chi connectivity index (χ1n) is 8.19. The summed E-state index contributed by atoms with van der Waals surface area (Å²) in [6.07, 6.45) is 2.63. The van der Waals surface area contributed by atoms with Crippen molar-refractivity contribution in [3.8, 4) is 0 Å². The second-order valence-corrected chi connectivity index (χ2v) is 22.8. The Labute approximate surface area is 143 Å². The van der Waals surface area contributed by atoms with E-state index in [9.17, 15) is 0 Å². The molecule has 130 valence electrons. The van der Waals surface area contributed by atoms with Gasteiger partial charge in [-0.1, -0.05) is 17.8 Å². The maximum atomic E-state index is 6.12. The quantitative estimate of drug-likeness (QED) is 0.627. The van der Waals surface area contributed by atoms with Crippen molar-refractivity contribution in [2.75, 3.05) is 6.61 Å². The molecule has 0 aliphatic carbocycles. The monoisotopic (exact) mass is 376 g/mol. The first-order valence-corrected chi connectivity index (χ1v) is 19.4. The SMILES string of the molecule is C=C[SiH]1CCCCO1.C=C[Si](C)(O[Si](C)(C)C)O[Si](C)(C)C. The predicted molar refractivity (Wildman–Crippen MR) is 108 cm³/mol. The second kappa shape index (κ2) is 9.51. The van der Waals surface area contributed by atoms with Gasteiger partial charge < -0.3 is 12.7 Å². The van der Waals surface area contributed by atoms with Crippen molar-refractivity contribution >= 4 is 34.2 Å². The highest BCUT2D eigenvalue weighted by Crippen LogP contribution is 2.20. The third kappa shape index (κ3) is 11.8. The molecule has 1 rings (SSSR count). The van der Waals surface area contributed by atoms with E-state index >= 15 is 0 Å². The van der Waals surface area contributed by atoms with Crippen molar-refractivity contribution in [3.05, 3.63) is 24.6 Å². The van der Waals surface area contributed by atoms with Crippen LogP contribution in [0, 0.1) is 0 Å². The summed E-state index contributed by atoms with van der Waals surface area (Å²) in [6.45, 7) is 23.8. The van der Waals surface area contributed by atoms with Crippen molar-refractivity contribution < 1.29 is 12.7 Å². The Morgan fingerprint density at radius 2 is 1.41 bits per heavy atom. The van der Waals surface area contributed by atoms with Crippen molar-refractivity contribution in [1.82, 2.24) is 0 Å². The van der Waals surface area contributed by atoms with Crippen molar-refractivity contribution in [1.29, 1.82) is 0 Å². The minimum atomic E-state index is -2.11. The molecule has 1 atom stereocenters. The van der Waals surface area contributed by atoms with Crippen molar-refractivity contribution in [2.24, 2.45) is 0 Å². The molecule has 7 heteroatoms. The van der Waals surface area contributed by atoms with Crippen LogP contribution in [0.2, 0.25) is 51.9 Å². The first-order chi connectivity index (χ1) is 9.91. The lowest BCUT2D eigenvalue weighted by Gasteiger charge is -2.36. The summed E-state index contributed by atoms with van der Waals surface area (Å²) in [4.78, 5) is 0. The summed E-state index contributed by atoms with van der Waals surface area (Å²) >= 11 is 0. The van der Waals surface area contributed by atoms with E-state index in [0.29, 0.717) is 0 Å². The molecule has 3 nitrogen and oxygen atoms in total. The maximum Gasteiger partial charge on any atom is 0.340 e. The van der Waals surface area contributed by atoms with E-state index in [-0.39, 0.29) is 0 Å². The molecule has 0 spiro atoms. The number of hydrogen-bond donors (Lipinski definition) is 0. The zero-order chi connectivity index (χ0) is 17.4. The van der Waals surface area contributed by atoms with Gasteiger partial charge in [-0.25, -0.2) is 0 Å². The Bertz CT molecular complexity index is 326. The molecular formula is C15H36O3Si4. The molecule has 1 unspecified atom stereocenters. The molecule has 0 aromatic heterocycles. The topological polar surface area (TPSA) is 27.7 Å². The molecule has 1 aliphatic heterocycles. The zero-order valence-corrected chi connectivity index (χ0v) is 19.9. The Hall–Kier alpha value is 0.228.